The van der Waals surface area contributed by atoms with Gasteiger partial charge in [0.15, 0.2) is 0 Å². The van der Waals surface area contributed by atoms with Crippen LogP contribution in [0, 0.1) is 5.92 Å². The molecule has 2 unspecified atom stereocenters. The highest BCUT2D eigenvalue weighted by Crippen LogP contribution is 2.31. The van der Waals surface area contributed by atoms with Gasteiger partial charge in [0.2, 0.25) is 0 Å². The summed E-state index contributed by atoms with van der Waals surface area (Å²) < 4.78 is 10.3. The Morgan fingerprint density at radius 3 is 2.67 bits per heavy atom. The number of rotatable bonds is 7. The lowest BCUT2D eigenvalue weighted by Crippen LogP contribution is -2.20. The van der Waals surface area contributed by atoms with Crippen molar-refractivity contribution in [3.63, 3.8) is 0 Å². The van der Waals surface area contributed by atoms with Gasteiger partial charge in [0.1, 0.15) is 0 Å². The van der Waals surface area contributed by atoms with Crippen LogP contribution in [0.5, 0.6) is 0 Å². The Hall–Kier alpha value is 0.210. The van der Waals surface area contributed by atoms with Gasteiger partial charge in [0, 0.05) is 19.1 Å². The summed E-state index contributed by atoms with van der Waals surface area (Å²) in [4.78, 5) is 0. The van der Waals surface area contributed by atoms with E-state index in [-0.39, 0.29) is 0 Å². The summed E-state index contributed by atoms with van der Waals surface area (Å²) in [6, 6.07) is 0. The normalized spacial score (nSPS) is 26.8. The molecule has 1 aliphatic carbocycles. The number of halogens is 1. The van der Waals surface area contributed by atoms with E-state index in [0.717, 1.165) is 18.9 Å². The van der Waals surface area contributed by atoms with E-state index in [0.29, 0.717) is 18.6 Å². The van der Waals surface area contributed by atoms with Crippen molar-refractivity contribution in [3.05, 3.63) is 0 Å². The minimum atomic E-state index is 0.415. The first kappa shape index (κ1) is 13.3. The molecular formula is C12H23ClO2. The maximum Gasteiger partial charge on any atom is 0.0700 e. The van der Waals surface area contributed by atoms with Crippen molar-refractivity contribution in [2.45, 2.75) is 43.9 Å². The molecule has 0 spiro atoms. The van der Waals surface area contributed by atoms with Gasteiger partial charge in [-0.25, -0.2) is 0 Å². The SMILES string of the molecule is COCCOCCCC1CCCCC1Cl. The smallest absolute Gasteiger partial charge is 0.0700 e. The third-order valence-electron chi connectivity index (χ3n) is 3.11. The number of hydrogen-bond donors (Lipinski definition) is 0. The van der Waals surface area contributed by atoms with E-state index in [1.807, 2.05) is 0 Å². The Balaban J connectivity index is 1.94. The lowest BCUT2D eigenvalue weighted by atomic mass is 9.86. The zero-order valence-electron chi connectivity index (χ0n) is 9.71. The predicted molar refractivity (Wildman–Crippen MR) is 63.5 cm³/mol. The summed E-state index contributed by atoms with van der Waals surface area (Å²) in [6.45, 7) is 2.26. The molecule has 90 valence electrons. The topological polar surface area (TPSA) is 18.5 Å². The molecule has 3 heteroatoms. The van der Waals surface area contributed by atoms with Gasteiger partial charge in [0.25, 0.3) is 0 Å². The Bertz CT molecular complexity index is 153. The van der Waals surface area contributed by atoms with Crippen LogP contribution in [0.4, 0.5) is 0 Å². The third-order valence-corrected chi connectivity index (χ3v) is 3.69. The zero-order chi connectivity index (χ0) is 10.9. The van der Waals surface area contributed by atoms with Gasteiger partial charge in [-0.3, -0.25) is 0 Å². The molecule has 2 nitrogen and oxygen atoms in total. The van der Waals surface area contributed by atoms with Crippen LogP contribution < -0.4 is 0 Å². The fourth-order valence-electron chi connectivity index (χ4n) is 2.18. The van der Waals surface area contributed by atoms with Crippen LogP contribution in [0.15, 0.2) is 0 Å². The molecule has 0 heterocycles. The zero-order valence-corrected chi connectivity index (χ0v) is 10.5. The van der Waals surface area contributed by atoms with Crippen molar-refractivity contribution in [2.75, 3.05) is 26.9 Å². The van der Waals surface area contributed by atoms with Crippen molar-refractivity contribution < 1.29 is 9.47 Å². The summed E-state index contributed by atoms with van der Waals surface area (Å²) in [5, 5.41) is 0.415. The molecule has 1 aliphatic rings. The molecule has 15 heavy (non-hydrogen) atoms. The van der Waals surface area contributed by atoms with Crippen LogP contribution in [-0.2, 0) is 9.47 Å². The first-order chi connectivity index (χ1) is 7.34. The molecule has 0 aromatic heterocycles. The fourth-order valence-corrected chi connectivity index (χ4v) is 2.59. The highest BCUT2D eigenvalue weighted by Gasteiger charge is 2.22. The Labute approximate surface area is 98.3 Å². The quantitative estimate of drug-likeness (QED) is 0.498. The van der Waals surface area contributed by atoms with Crippen LogP contribution in [-0.4, -0.2) is 32.3 Å². The summed E-state index contributed by atoms with van der Waals surface area (Å²) >= 11 is 6.28. The second-order valence-corrected chi connectivity index (χ2v) is 4.87. The summed E-state index contributed by atoms with van der Waals surface area (Å²) in [6.07, 6.45) is 7.55. The number of alkyl halides is 1. The summed E-state index contributed by atoms with van der Waals surface area (Å²) in [5.74, 6) is 0.728. The number of methoxy groups -OCH3 is 1. The lowest BCUT2D eigenvalue weighted by Gasteiger charge is -2.26. The minimum Gasteiger partial charge on any atom is -0.382 e. The van der Waals surface area contributed by atoms with Crippen LogP contribution in [0.2, 0.25) is 0 Å². The van der Waals surface area contributed by atoms with Gasteiger partial charge in [0.05, 0.1) is 13.2 Å². The largest absolute Gasteiger partial charge is 0.382 e. The second-order valence-electron chi connectivity index (χ2n) is 4.31. The summed E-state index contributed by atoms with van der Waals surface area (Å²) in [5.41, 5.74) is 0. The average molecular weight is 235 g/mol. The molecule has 0 saturated heterocycles. The van der Waals surface area contributed by atoms with E-state index >= 15 is 0 Å². The third kappa shape index (κ3) is 5.74. The highest BCUT2D eigenvalue weighted by molar-refractivity contribution is 6.20. The lowest BCUT2D eigenvalue weighted by molar-refractivity contribution is 0.0666. The van der Waals surface area contributed by atoms with E-state index < -0.39 is 0 Å². The second kappa shape index (κ2) is 8.37. The van der Waals surface area contributed by atoms with Crippen LogP contribution in [0.25, 0.3) is 0 Å². The van der Waals surface area contributed by atoms with E-state index in [4.69, 9.17) is 21.1 Å². The molecule has 1 saturated carbocycles. The van der Waals surface area contributed by atoms with Crippen molar-refractivity contribution in [3.8, 4) is 0 Å². The number of hydrogen-bond acceptors (Lipinski definition) is 2. The maximum absolute atomic E-state index is 6.28. The fraction of sp³-hybridized carbons (Fsp3) is 1.00. The molecule has 0 aromatic carbocycles. The Kier molecular flexibility index (Phi) is 7.41. The van der Waals surface area contributed by atoms with Crippen molar-refractivity contribution >= 4 is 11.6 Å². The van der Waals surface area contributed by atoms with Gasteiger partial charge in [-0.05, 0) is 31.6 Å². The van der Waals surface area contributed by atoms with Gasteiger partial charge in [-0.2, -0.15) is 0 Å². The first-order valence-electron chi connectivity index (χ1n) is 6.05. The van der Waals surface area contributed by atoms with Crippen LogP contribution in [0.1, 0.15) is 38.5 Å². The molecule has 0 aliphatic heterocycles. The maximum atomic E-state index is 6.28. The Morgan fingerprint density at radius 1 is 1.13 bits per heavy atom. The van der Waals surface area contributed by atoms with Crippen molar-refractivity contribution in [1.82, 2.24) is 0 Å². The molecule has 1 rings (SSSR count). The van der Waals surface area contributed by atoms with E-state index in [1.165, 1.54) is 32.1 Å². The molecule has 1 fully saturated rings. The molecule has 0 amide bonds. The highest BCUT2D eigenvalue weighted by atomic mass is 35.5. The summed E-state index contributed by atoms with van der Waals surface area (Å²) in [7, 11) is 1.70. The predicted octanol–water partition coefficient (Wildman–Crippen LogP) is 3.23. The standard InChI is InChI=1S/C12H23ClO2/c1-14-9-10-15-8-4-6-11-5-2-3-7-12(11)13/h11-12H,2-10H2,1H3. The van der Waals surface area contributed by atoms with Crippen LogP contribution in [0.3, 0.4) is 0 Å². The molecule has 0 N–H and O–H groups in total. The molecule has 0 bridgehead atoms. The molecule has 0 aromatic rings. The average Bonchev–Trinajstić information content (AvgIpc) is 2.25. The van der Waals surface area contributed by atoms with Gasteiger partial charge < -0.3 is 9.47 Å². The molecular weight excluding hydrogens is 212 g/mol. The van der Waals surface area contributed by atoms with Gasteiger partial charge in [-0.15, -0.1) is 11.6 Å². The van der Waals surface area contributed by atoms with E-state index in [2.05, 4.69) is 0 Å². The van der Waals surface area contributed by atoms with Gasteiger partial charge in [-0.1, -0.05) is 12.8 Å². The molecule has 0 radical (unpaired) electrons. The van der Waals surface area contributed by atoms with E-state index in [9.17, 15) is 0 Å². The van der Waals surface area contributed by atoms with Gasteiger partial charge >= 0.3 is 0 Å². The van der Waals surface area contributed by atoms with Crippen molar-refractivity contribution in [1.29, 1.82) is 0 Å². The number of ether oxygens (including phenoxy) is 2. The molecule has 2 atom stereocenters. The minimum absolute atomic E-state index is 0.415. The Morgan fingerprint density at radius 2 is 1.93 bits per heavy atom. The van der Waals surface area contributed by atoms with Crippen LogP contribution >= 0.6 is 11.6 Å². The monoisotopic (exact) mass is 234 g/mol. The van der Waals surface area contributed by atoms with E-state index in [1.54, 1.807) is 7.11 Å². The van der Waals surface area contributed by atoms with Crippen molar-refractivity contribution in [2.24, 2.45) is 5.92 Å². The first-order valence-corrected chi connectivity index (χ1v) is 6.49.